The normalized spacial score (nSPS) is 11.4. The molecule has 3 heterocycles. The first-order valence-electron chi connectivity index (χ1n) is 6.52. The average molecular weight is 287 g/mol. The molecule has 0 atom stereocenters. The van der Waals surface area contributed by atoms with Crippen LogP contribution in [-0.2, 0) is 13.6 Å². The van der Waals surface area contributed by atoms with E-state index >= 15 is 0 Å². The average Bonchev–Trinajstić information content (AvgIpc) is 2.84. The second-order valence-corrected chi connectivity index (χ2v) is 5.50. The number of H-pyrrole nitrogens is 1. The van der Waals surface area contributed by atoms with Crippen LogP contribution in [0.1, 0.15) is 22.5 Å². The maximum atomic E-state index is 5.45. The second kappa shape index (κ2) is 4.56. The fourth-order valence-electron chi connectivity index (χ4n) is 2.52. The first-order valence-corrected chi connectivity index (χ1v) is 6.93. The lowest BCUT2D eigenvalue weighted by molar-refractivity contribution is 0.727. The zero-order valence-electron chi connectivity index (χ0n) is 12.1. The number of hydrogen-bond acceptors (Lipinski definition) is 3. The van der Waals surface area contributed by atoms with Crippen molar-refractivity contribution in [1.29, 1.82) is 0 Å². The summed E-state index contributed by atoms with van der Waals surface area (Å²) < 4.78 is 4.64. The van der Waals surface area contributed by atoms with Gasteiger partial charge in [-0.05, 0) is 44.6 Å². The van der Waals surface area contributed by atoms with Gasteiger partial charge in [-0.2, -0.15) is 5.10 Å². The van der Waals surface area contributed by atoms with Crippen molar-refractivity contribution < 1.29 is 0 Å². The monoisotopic (exact) mass is 287 g/mol. The van der Waals surface area contributed by atoms with Crippen molar-refractivity contribution in [2.24, 2.45) is 7.05 Å². The summed E-state index contributed by atoms with van der Waals surface area (Å²) in [5.41, 5.74) is 6.46. The van der Waals surface area contributed by atoms with E-state index in [0.29, 0.717) is 11.3 Å². The molecule has 0 aliphatic carbocycles. The van der Waals surface area contributed by atoms with E-state index in [-0.39, 0.29) is 0 Å². The van der Waals surface area contributed by atoms with Crippen LogP contribution in [0, 0.1) is 25.5 Å². The molecule has 0 radical (unpaired) electrons. The predicted octanol–water partition coefficient (Wildman–Crippen LogP) is 2.80. The number of hydrogen-bond donors (Lipinski definition) is 1. The summed E-state index contributed by atoms with van der Waals surface area (Å²) in [5.74, 6) is 0. The molecule has 3 rings (SSSR count). The Hall–Kier alpha value is -1.95. The minimum absolute atomic E-state index is 0.695. The third-order valence-electron chi connectivity index (χ3n) is 3.85. The summed E-state index contributed by atoms with van der Waals surface area (Å²) in [6.45, 7) is 6.85. The molecule has 5 nitrogen and oxygen atoms in total. The quantitative estimate of drug-likeness (QED) is 0.737. The SMILES string of the molecule is Cc1nn(C)c(C)c1Cn1c(=S)[nH]c2c(C)ccnc21. The van der Waals surface area contributed by atoms with Gasteiger partial charge in [0.1, 0.15) is 0 Å². The molecule has 104 valence electrons. The summed E-state index contributed by atoms with van der Waals surface area (Å²) in [6.07, 6.45) is 1.82. The molecule has 0 saturated heterocycles. The number of fused-ring (bicyclic) bond motifs is 1. The number of aromatic nitrogens is 5. The number of aryl methyl sites for hydroxylation is 3. The first kappa shape index (κ1) is 13.1. The van der Waals surface area contributed by atoms with Gasteiger partial charge in [0.15, 0.2) is 10.4 Å². The molecule has 0 bridgehead atoms. The van der Waals surface area contributed by atoms with Gasteiger partial charge in [0.2, 0.25) is 0 Å². The first-order chi connectivity index (χ1) is 9.49. The van der Waals surface area contributed by atoms with Crippen LogP contribution in [0.2, 0.25) is 0 Å². The zero-order valence-corrected chi connectivity index (χ0v) is 12.9. The van der Waals surface area contributed by atoms with Crippen LogP contribution >= 0.6 is 12.2 Å². The molecule has 0 fully saturated rings. The predicted molar refractivity (Wildman–Crippen MR) is 81.4 cm³/mol. The highest BCUT2D eigenvalue weighted by atomic mass is 32.1. The van der Waals surface area contributed by atoms with E-state index in [1.807, 2.05) is 35.5 Å². The summed E-state index contributed by atoms with van der Waals surface area (Å²) in [6, 6.07) is 1.98. The van der Waals surface area contributed by atoms with Gasteiger partial charge < -0.3 is 4.98 Å². The van der Waals surface area contributed by atoms with Gasteiger partial charge in [-0.1, -0.05) is 0 Å². The van der Waals surface area contributed by atoms with Crippen molar-refractivity contribution in [3.05, 3.63) is 39.5 Å². The zero-order chi connectivity index (χ0) is 14.4. The van der Waals surface area contributed by atoms with Gasteiger partial charge in [-0.25, -0.2) is 4.98 Å². The third kappa shape index (κ3) is 1.87. The van der Waals surface area contributed by atoms with Crippen molar-refractivity contribution in [2.75, 3.05) is 0 Å². The molecule has 0 amide bonds. The van der Waals surface area contributed by atoms with Crippen molar-refractivity contribution in [2.45, 2.75) is 27.3 Å². The van der Waals surface area contributed by atoms with E-state index in [9.17, 15) is 0 Å². The summed E-state index contributed by atoms with van der Waals surface area (Å²) in [4.78, 5) is 7.71. The molecule has 0 unspecified atom stereocenters. The molecule has 0 saturated carbocycles. The van der Waals surface area contributed by atoms with E-state index in [0.717, 1.165) is 28.1 Å². The number of nitrogens with zero attached hydrogens (tertiary/aromatic N) is 4. The van der Waals surface area contributed by atoms with Crippen molar-refractivity contribution in [1.82, 2.24) is 24.3 Å². The molecule has 3 aromatic heterocycles. The summed E-state index contributed by atoms with van der Waals surface area (Å²) >= 11 is 5.45. The third-order valence-corrected chi connectivity index (χ3v) is 4.17. The van der Waals surface area contributed by atoms with Crippen LogP contribution in [0.4, 0.5) is 0 Å². The molecule has 6 heteroatoms. The maximum Gasteiger partial charge on any atom is 0.179 e. The molecule has 0 aromatic carbocycles. The number of rotatable bonds is 2. The molecular formula is C14H17N5S. The van der Waals surface area contributed by atoms with E-state index in [1.165, 1.54) is 5.56 Å². The van der Waals surface area contributed by atoms with Crippen LogP contribution in [-0.4, -0.2) is 24.3 Å². The summed E-state index contributed by atoms with van der Waals surface area (Å²) in [7, 11) is 1.96. The Morgan fingerprint density at radius 1 is 1.30 bits per heavy atom. The topological polar surface area (TPSA) is 51.4 Å². The fourth-order valence-corrected chi connectivity index (χ4v) is 2.78. The minimum Gasteiger partial charge on any atom is -0.329 e. The van der Waals surface area contributed by atoms with Crippen molar-refractivity contribution in [3.63, 3.8) is 0 Å². The highest BCUT2D eigenvalue weighted by Gasteiger charge is 2.13. The molecule has 3 aromatic rings. The van der Waals surface area contributed by atoms with Gasteiger partial charge in [0, 0.05) is 24.5 Å². The lowest BCUT2D eigenvalue weighted by atomic mass is 10.2. The number of nitrogens with one attached hydrogen (secondary N) is 1. The highest BCUT2D eigenvalue weighted by Crippen LogP contribution is 2.19. The number of pyridine rings is 1. The lowest BCUT2D eigenvalue weighted by Gasteiger charge is -2.05. The summed E-state index contributed by atoms with van der Waals surface area (Å²) in [5, 5.41) is 4.46. The van der Waals surface area contributed by atoms with Gasteiger partial charge in [-0.15, -0.1) is 0 Å². The van der Waals surface area contributed by atoms with Crippen molar-refractivity contribution >= 4 is 23.4 Å². The van der Waals surface area contributed by atoms with Gasteiger partial charge in [0.05, 0.1) is 17.8 Å². The number of imidazole rings is 1. The van der Waals surface area contributed by atoms with Crippen LogP contribution in [0.5, 0.6) is 0 Å². The molecular weight excluding hydrogens is 270 g/mol. The fraction of sp³-hybridized carbons (Fsp3) is 0.357. The van der Waals surface area contributed by atoms with Crippen LogP contribution in [0.25, 0.3) is 11.2 Å². The van der Waals surface area contributed by atoms with E-state index < -0.39 is 0 Å². The van der Waals surface area contributed by atoms with E-state index in [4.69, 9.17) is 12.2 Å². The Balaban J connectivity index is 2.18. The minimum atomic E-state index is 0.695. The largest absolute Gasteiger partial charge is 0.329 e. The smallest absolute Gasteiger partial charge is 0.179 e. The Kier molecular flexibility index (Phi) is 2.97. The highest BCUT2D eigenvalue weighted by molar-refractivity contribution is 7.71. The second-order valence-electron chi connectivity index (χ2n) is 5.12. The Morgan fingerprint density at radius 2 is 2.05 bits per heavy atom. The molecule has 1 N–H and O–H groups in total. The standard InChI is InChI=1S/C14H17N5S/c1-8-5-6-15-13-12(8)16-14(20)19(13)7-11-9(2)17-18(4)10(11)3/h5-6H,7H2,1-4H3,(H,16,20). The van der Waals surface area contributed by atoms with Gasteiger partial charge >= 0.3 is 0 Å². The van der Waals surface area contributed by atoms with Crippen LogP contribution < -0.4 is 0 Å². The van der Waals surface area contributed by atoms with E-state index in [1.54, 1.807) is 0 Å². The molecule has 0 spiro atoms. The lowest BCUT2D eigenvalue weighted by Crippen LogP contribution is -2.03. The molecule has 0 aliphatic rings. The number of aromatic amines is 1. The Bertz CT molecular complexity index is 852. The van der Waals surface area contributed by atoms with E-state index in [2.05, 4.69) is 28.9 Å². The van der Waals surface area contributed by atoms with Crippen LogP contribution in [0.15, 0.2) is 12.3 Å². The van der Waals surface area contributed by atoms with Gasteiger partial charge in [-0.3, -0.25) is 9.25 Å². The molecule has 20 heavy (non-hydrogen) atoms. The van der Waals surface area contributed by atoms with Crippen molar-refractivity contribution in [3.8, 4) is 0 Å². The van der Waals surface area contributed by atoms with Crippen LogP contribution in [0.3, 0.4) is 0 Å². The maximum absolute atomic E-state index is 5.45. The Morgan fingerprint density at radius 3 is 2.70 bits per heavy atom. The van der Waals surface area contributed by atoms with Gasteiger partial charge in [0.25, 0.3) is 0 Å². The Labute approximate surface area is 122 Å². The molecule has 0 aliphatic heterocycles.